The highest BCUT2D eigenvalue weighted by Crippen LogP contribution is 2.24. The number of hydrogen-bond donors (Lipinski definition) is 1. The Bertz CT molecular complexity index is 983. The lowest BCUT2D eigenvalue weighted by molar-refractivity contribution is 0.125. The largest absolute Gasteiger partial charge is 0.323 e. The molecule has 1 saturated heterocycles. The Morgan fingerprint density at radius 1 is 1.15 bits per heavy atom. The van der Waals surface area contributed by atoms with Crippen molar-refractivity contribution in [1.29, 1.82) is 0 Å². The monoisotopic (exact) mass is 365 g/mol. The molecular formula is C19H23N7O. The predicted molar refractivity (Wildman–Crippen MR) is 104 cm³/mol. The summed E-state index contributed by atoms with van der Waals surface area (Å²) in [6.45, 7) is 4.50. The molecule has 3 aromatic rings. The van der Waals surface area contributed by atoms with E-state index in [0.717, 1.165) is 35.1 Å². The second-order valence-electron chi connectivity index (χ2n) is 7.14. The number of piperazine rings is 1. The number of urea groups is 1. The molecule has 1 aliphatic rings. The molecule has 2 amide bonds. The van der Waals surface area contributed by atoms with Gasteiger partial charge in [-0.2, -0.15) is 5.10 Å². The highest BCUT2D eigenvalue weighted by Gasteiger charge is 2.26. The zero-order valence-electron chi connectivity index (χ0n) is 15.8. The van der Waals surface area contributed by atoms with E-state index in [-0.39, 0.29) is 12.1 Å². The van der Waals surface area contributed by atoms with Crippen molar-refractivity contribution in [2.45, 2.75) is 13.0 Å². The molecule has 0 bridgehead atoms. The SMILES string of the molecule is C[C@H]1CN(C)CCN1C(=O)Nc1cc2cc(-c3cnn(C)c3)ccc2nn1. The fourth-order valence-electron chi connectivity index (χ4n) is 3.48. The molecule has 27 heavy (non-hydrogen) atoms. The quantitative estimate of drug-likeness (QED) is 0.753. The van der Waals surface area contributed by atoms with Crippen molar-refractivity contribution < 1.29 is 4.79 Å². The lowest BCUT2D eigenvalue weighted by atomic mass is 10.1. The van der Waals surface area contributed by atoms with Crippen LogP contribution < -0.4 is 5.32 Å². The van der Waals surface area contributed by atoms with Gasteiger partial charge < -0.3 is 9.80 Å². The van der Waals surface area contributed by atoms with Crippen molar-refractivity contribution in [3.05, 3.63) is 36.7 Å². The molecule has 1 fully saturated rings. The Kier molecular flexibility index (Phi) is 4.49. The lowest BCUT2D eigenvalue weighted by Gasteiger charge is -2.37. The molecular weight excluding hydrogens is 342 g/mol. The molecule has 8 nitrogen and oxygen atoms in total. The number of aryl methyl sites for hydroxylation is 1. The van der Waals surface area contributed by atoms with Gasteiger partial charge in [-0.15, -0.1) is 10.2 Å². The summed E-state index contributed by atoms with van der Waals surface area (Å²) < 4.78 is 1.77. The fraction of sp³-hybridized carbons (Fsp3) is 0.368. The van der Waals surface area contributed by atoms with E-state index in [1.807, 2.05) is 48.6 Å². The molecule has 3 heterocycles. The van der Waals surface area contributed by atoms with Crippen molar-refractivity contribution >= 4 is 22.8 Å². The fourth-order valence-corrected chi connectivity index (χ4v) is 3.48. The van der Waals surface area contributed by atoms with Crippen LogP contribution in [0.5, 0.6) is 0 Å². The first-order chi connectivity index (χ1) is 13.0. The smallest absolute Gasteiger partial charge is 0.319 e. The minimum absolute atomic E-state index is 0.132. The molecule has 1 aliphatic heterocycles. The van der Waals surface area contributed by atoms with Gasteiger partial charge in [0, 0.05) is 49.9 Å². The molecule has 0 aliphatic carbocycles. The van der Waals surface area contributed by atoms with Crippen LogP contribution in [0.25, 0.3) is 22.0 Å². The summed E-state index contributed by atoms with van der Waals surface area (Å²) in [7, 11) is 3.96. The standard InChI is InChI=1S/C19H23N7O/c1-13-11-24(2)6-7-26(13)19(27)21-18-9-15-8-14(4-5-17(15)22-23-18)16-10-20-25(3)12-16/h4-5,8-10,12-13H,6-7,11H2,1-3H3,(H,21,23,27)/t13-/m0/s1. The van der Waals surface area contributed by atoms with Crippen molar-refractivity contribution in [1.82, 2.24) is 29.8 Å². The number of anilines is 1. The third-order valence-electron chi connectivity index (χ3n) is 4.95. The second kappa shape index (κ2) is 6.96. The summed E-state index contributed by atoms with van der Waals surface area (Å²) in [6.07, 6.45) is 3.79. The average molecular weight is 365 g/mol. The van der Waals surface area contributed by atoms with Gasteiger partial charge in [-0.25, -0.2) is 4.79 Å². The van der Waals surface area contributed by atoms with E-state index in [2.05, 4.69) is 39.5 Å². The number of fused-ring (bicyclic) bond motifs is 1. The Labute approximate surface area is 157 Å². The summed E-state index contributed by atoms with van der Waals surface area (Å²) in [6, 6.07) is 7.86. The maximum atomic E-state index is 12.6. The first-order valence-electron chi connectivity index (χ1n) is 9.02. The molecule has 4 rings (SSSR count). The number of carbonyl (C=O) groups excluding carboxylic acids is 1. The molecule has 0 radical (unpaired) electrons. The summed E-state index contributed by atoms with van der Waals surface area (Å²) in [5, 5.41) is 16.4. The molecule has 8 heteroatoms. The third-order valence-corrected chi connectivity index (χ3v) is 4.95. The molecule has 0 unspecified atom stereocenters. The molecule has 2 aromatic heterocycles. The van der Waals surface area contributed by atoms with E-state index in [1.54, 1.807) is 4.68 Å². The third kappa shape index (κ3) is 3.61. The number of hydrogen-bond acceptors (Lipinski definition) is 5. The van der Waals surface area contributed by atoms with Crippen LogP contribution in [0, 0.1) is 0 Å². The Balaban J connectivity index is 1.56. The number of nitrogens with zero attached hydrogens (tertiary/aromatic N) is 6. The van der Waals surface area contributed by atoms with Crippen LogP contribution in [0.1, 0.15) is 6.92 Å². The molecule has 1 aromatic carbocycles. The van der Waals surface area contributed by atoms with Crippen molar-refractivity contribution in [2.75, 3.05) is 32.0 Å². The van der Waals surface area contributed by atoms with E-state index in [0.29, 0.717) is 12.4 Å². The number of likely N-dealkylation sites (N-methyl/N-ethyl adjacent to an activating group) is 1. The van der Waals surface area contributed by atoms with E-state index >= 15 is 0 Å². The van der Waals surface area contributed by atoms with E-state index in [9.17, 15) is 4.79 Å². The molecule has 0 spiro atoms. The Morgan fingerprint density at radius 3 is 2.74 bits per heavy atom. The maximum absolute atomic E-state index is 12.6. The Hall–Kier alpha value is -3.00. The van der Waals surface area contributed by atoms with Gasteiger partial charge in [0.2, 0.25) is 0 Å². The van der Waals surface area contributed by atoms with Crippen molar-refractivity contribution in [3.63, 3.8) is 0 Å². The minimum atomic E-state index is -0.132. The van der Waals surface area contributed by atoms with E-state index in [4.69, 9.17) is 0 Å². The van der Waals surface area contributed by atoms with Crippen LogP contribution >= 0.6 is 0 Å². The molecule has 140 valence electrons. The highest BCUT2D eigenvalue weighted by molar-refractivity contribution is 5.92. The number of aromatic nitrogens is 4. The number of amides is 2. The van der Waals surface area contributed by atoms with Gasteiger partial charge in [0.15, 0.2) is 5.82 Å². The minimum Gasteiger partial charge on any atom is -0.319 e. The zero-order valence-corrected chi connectivity index (χ0v) is 15.8. The molecule has 1 N–H and O–H groups in total. The van der Waals surface area contributed by atoms with E-state index < -0.39 is 0 Å². The van der Waals surface area contributed by atoms with Gasteiger partial charge in [-0.3, -0.25) is 10.00 Å². The number of carbonyl (C=O) groups is 1. The van der Waals surface area contributed by atoms with Gasteiger partial charge in [0.25, 0.3) is 0 Å². The van der Waals surface area contributed by atoms with E-state index in [1.165, 1.54) is 0 Å². The first-order valence-corrected chi connectivity index (χ1v) is 9.02. The van der Waals surface area contributed by atoms with Gasteiger partial charge in [0.1, 0.15) is 0 Å². The zero-order chi connectivity index (χ0) is 19.0. The number of benzene rings is 1. The van der Waals surface area contributed by atoms with Crippen LogP contribution in [0.4, 0.5) is 10.6 Å². The summed E-state index contributed by atoms with van der Waals surface area (Å²) in [4.78, 5) is 16.7. The van der Waals surface area contributed by atoms with Crippen LogP contribution in [0.3, 0.4) is 0 Å². The van der Waals surface area contributed by atoms with Gasteiger partial charge in [-0.05, 0) is 37.7 Å². The normalized spacial score (nSPS) is 18.0. The number of nitrogens with one attached hydrogen (secondary N) is 1. The lowest BCUT2D eigenvalue weighted by Crippen LogP contribution is -2.54. The summed E-state index contributed by atoms with van der Waals surface area (Å²) in [5.74, 6) is 0.460. The van der Waals surface area contributed by atoms with Crippen LogP contribution in [0.2, 0.25) is 0 Å². The van der Waals surface area contributed by atoms with Gasteiger partial charge in [-0.1, -0.05) is 6.07 Å². The van der Waals surface area contributed by atoms with Crippen LogP contribution in [0.15, 0.2) is 36.7 Å². The summed E-state index contributed by atoms with van der Waals surface area (Å²) >= 11 is 0. The second-order valence-corrected chi connectivity index (χ2v) is 7.14. The molecule has 0 saturated carbocycles. The Morgan fingerprint density at radius 2 is 2.00 bits per heavy atom. The first kappa shape index (κ1) is 17.4. The summed E-state index contributed by atoms with van der Waals surface area (Å²) in [5.41, 5.74) is 2.87. The number of rotatable bonds is 2. The topological polar surface area (TPSA) is 79.2 Å². The van der Waals surface area contributed by atoms with Crippen molar-refractivity contribution in [2.24, 2.45) is 7.05 Å². The average Bonchev–Trinajstić information content (AvgIpc) is 3.07. The van der Waals surface area contributed by atoms with Gasteiger partial charge in [0.05, 0.1) is 11.7 Å². The van der Waals surface area contributed by atoms with Crippen LogP contribution in [-0.2, 0) is 7.05 Å². The molecule has 1 atom stereocenters. The maximum Gasteiger partial charge on any atom is 0.323 e. The highest BCUT2D eigenvalue weighted by atomic mass is 16.2. The van der Waals surface area contributed by atoms with Gasteiger partial charge >= 0.3 is 6.03 Å². The van der Waals surface area contributed by atoms with Crippen molar-refractivity contribution in [3.8, 4) is 11.1 Å². The predicted octanol–water partition coefficient (Wildman–Crippen LogP) is 2.20. The van der Waals surface area contributed by atoms with Crippen LogP contribution in [-0.4, -0.2) is 68.5 Å².